The number of aromatic carboxylic acids is 1. The molecule has 6 heteroatoms. The van der Waals surface area contributed by atoms with Gasteiger partial charge in [-0.1, -0.05) is 12.1 Å². The zero-order valence-corrected chi connectivity index (χ0v) is 14.0. The first kappa shape index (κ1) is 15.9. The number of aryl methyl sites for hydroxylation is 1. The average molecular weight is 339 g/mol. The summed E-state index contributed by atoms with van der Waals surface area (Å²) in [5.41, 5.74) is 4.05. The number of nitrogens with zero attached hydrogens (tertiary/aromatic N) is 2. The van der Waals surface area contributed by atoms with Crippen LogP contribution in [0.2, 0.25) is 0 Å². The van der Waals surface area contributed by atoms with Crippen molar-refractivity contribution >= 4 is 11.9 Å². The van der Waals surface area contributed by atoms with E-state index in [2.05, 4.69) is 10.2 Å². The second-order valence-electron chi connectivity index (χ2n) is 6.90. The van der Waals surface area contributed by atoms with Crippen molar-refractivity contribution in [3.05, 3.63) is 52.3 Å². The maximum atomic E-state index is 12.9. The molecule has 2 aromatic rings. The Labute approximate surface area is 145 Å². The van der Waals surface area contributed by atoms with E-state index in [1.807, 2.05) is 11.0 Å². The summed E-state index contributed by atoms with van der Waals surface area (Å²) in [7, 11) is 0. The highest BCUT2D eigenvalue weighted by Crippen LogP contribution is 2.30. The van der Waals surface area contributed by atoms with Gasteiger partial charge >= 0.3 is 5.97 Å². The van der Waals surface area contributed by atoms with E-state index in [1.54, 1.807) is 18.2 Å². The molecule has 0 radical (unpaired) electrons. The number of aromatic amines is 1. The highest BCUT2D eigenvalue weighted by Gasteiger charge is 2.30. The second-order valence-corrected chi connectivity index (χ2v) is 6.90. The number of hydrogen-bond donors (Lipinski definition) is 2. The standard InChI is InChI=1S/C19H21N3O3/c23-18(17-15-7-2-8-16(15)20-21-17)22-9-3-6-14(11-22)12-4-1-5-13(10-12)19(24)25/h1,4-5,10,14H,2-3,6-9,11H2,(H,20,21)(H,24,25). The minimum absolute atomic E-state index is 0.00140. The van der Waals surface area contributed by atoms with Gasteiger partial charge in [0.15, 0.2) is 5.69 Å². The third-order valence-electron chi connectivity index (χ3n) is 5.32. The molecular weight excluding hydrogens is 318 g/mol. The Morgan fingerprint density at radius 3 is 2.96 bits per heavy atom. The molecule has 1 atom stereocenters. The number of piperidine rings is 1. The van der Waals surface area contributed by atoms with Crippen molar-refractivity contribution in [3.8, 4) is 0 Å². The SMILES string of the molecule is O=C(O)c1cccc(C2CCCN(C(=O)c3n[nH]c4c3CCC4)C2)c1. The normalized spacial score (nSPS) is 19.7. The molecule has 0 spiro atoms. The van der Waals surface area contributed by atoms with Crippen LogP contribution in [0.5, 0.6) is 0 Å². The van der Waals surface area contributed by atoms with Crippen LogP contribution < -0.4 is 0 Å². The van der Waals surface area contributed by atoms with Crippen molar-refractivity contribution in [2.75, 3.05) is 13.1 Å². The summed E-state index contributed by atoms with van der Waals surface area (Å²) in [6, 6.07) is 7.06. The average Bonchev–Trinajstić information content (AvgIpc) is 3.25. The number of aromatic nitrogens is 2. The number of H-pyrrole nitrogens is 1. The van der Waals surface area contributed by atoms with Crippen LogP contribution in [-0.4, -0.2) is 45.2 Å². The third kappa shape index (κ3) is 2.92. The van der Waals surface area contributed by atoms with Gasteiger partial charge in [-0.25, -0.2) is 4.79 Å². The van der Waals surface area contributed by atoms with Crippen molar-refractivity contribution in [2.45, 2.75) is 38.0 Å². The highest BCUT2D eigenvalue weighted by molar-refractivity contribution is 5.94. The molecule has 1 aromatic carbocycles. The summed E-state index contributed by atoms with van der Waals surface area (Å²) in [6.45, 7) is 1.35. The molecule has 2 N–H and O–H groups in total. The van der Waals surface area contributed by atoms with Crippen LogP contribution >= 0.6 is 0 Å². The molecular formula is C19H21N3O3. The number of hydrogen-bond acceptors (Lipinski definition) is 3. The monoisotopic (exact) mass is 339 g/mol. The van der Waals surface area contributed by atoms with E-state index < -0.39 is 5.97 Å². The molecule has 1 saturated heterocycles. The lowest BCUT2D eigenvalue weighted by atomic mass is 9.89. The fraction of sp³-hybridized carbons (Fsp3) is 0.421. The molecule has 1 fully saturated rings. The minimum atomic E-state index is -0.919. The zero-order valence-electron chi connectivity index (χ0n) is 14.0. The van der Waals surface area contributed by atoms with E-state index in [0.29, 0.717) is 17.8 Å². The molecule has 1 aliphatic carbocycles. The van der Waals surface area contributed by atoms with Gasteiger partial charge in [-0.05, 0) is 49.8 Å². The van der Waals surface area contributed by atoms with E-state index in [0.717, 1.165) is 55.5 Å². The molecule has 2 heterocycles. The zero-order chi connectivity index (χ0) is 17.4. The Balaban J connectivity index is 1.54. The summed E-state index contributed by atoms with van der Waals surface area (Å²) < 4.78 is 0. The molecule has 1 aromatic heterocycles. The molecule has 130 valence electrons. The lowest BCUT2D eigenvalue weighted by Crippen LogP contribution is -2.39. The number of rotatable bonds is 3. The smallest absolute Gasteiger partial charge is 0.335 e. The predicted molar refractivity (Wildman–Crippen MR) is 91.9 cm³/mol. The molecule has 0 bridgehead atoms. The van der Waals surface area contributed by atoms with Gasteiger partial charge in [0.2, 0.25) is 0 Å². The minimum Gasteiger partial charge on any atom is -0.478 e. The quantitative estimate of drug-likeness (QED) is 0.900. The molecule has 6 nitrogen and oxygen atoms in total. The number of fused-ring (bicyclic) bond motifs is 1. The second kappa shape index (κ2) is 6.35. The van der Waals surface area contributed by atoms with Crippen LogP contribution in [0.15, 0.2) is 24.3 Å². The van der Waals surface area contributed by atoms with Gasteiger partial charge in [0, 0.05) is 30.3 Å². The van der Waals surface area contributed by atoms with Crippen LogP contribution in [0.3, 0.4) is 0 Å². The van der Waals surface area contributed by atoms with Crippen LogP contribution in [0, 0.1) is 0 Å². The Morgan fingerprint density at radius 2 is 2.12 bits per heavy atom. The largest absolute Gasteiger partial charge is 0.478 e. The van der Waals surface area contributed by atoms with E-state index in [-0.39, 0.29) is 11.8 Å². The molecule has 1 amide bonds. The van der Waals surface area contributed by atoms with Gasteiger partial charge in [-0.15, -0.1) is 0 Å². The van der Waals surface area contributed by atoms with Crippen LogP contribution in [-0.2, 0) is 12.8 Å². The molecule has 2 aliphatic rings. The van der Waals surface area contributed by atoms with Crippen LogP contribution in [0.4, 0.5) is 0 Å². The summed E-state index contributed by atoms with van der Waals surface area (Å²) in [5.74, 6) is -0.750. The fourth-order valence-electron chi connectivity index (χ4n) is 4.01. The topological polar surface area (TPSA) is 86.3 Å². The van der Waals surface area contributed by atoms with Crippen molar-refractivity contribution in [1.82, 2.24) is 15.1 Å². The summed E-state index contributed by atoms with van der Waals surface area (Å²) >= 11 is 0. The number of benzene rings is 1. The van der Waals surface area contributed by atoms with Crippen molar-refractivity contribution in [3.63, 3.8) is 0 Å². The van der Waals surface area contributed by atoms with Crippen molar-refractivity contribution in [2.24, 2.45) is 0 Å². The summed E-state index contributed by atoms with van der Waals surface area (Å²) in [5, 5.41) is 16.4. The Bertz CT molecular complexity index is 827. The first-order chi connectivity index (χ1) is 12.1. The highest BCUT2D eigenvalue weighted by atomic mass is 16.4. The molecule has 0 saturated carbocycles. The van der Waals surface area contributed by atoms with Crippen molar-refractivity contribution in [1.29, 1.82) is 0 Å². The third-order valence-corrected chi connectivity index (χ3v) is 5.32. The van der Waals surface area contributed by atoms with Crippen molar-refractivity contribution < 1.29 is 14.7 Å². The Hall–Kier alpha value is -2.63. The first-order valence-electron chi connectivity index (χ1n) is 8.82. The van der Waals surface area contributed by atoms with Gasteiger partial charge in [0.05, 0.1) is 5.56 Å². The van der Waals surface area contributed by atoms with E-state index in [1.165, 1.54) is 0 Å². The van der Waals surface area contributed by atoms with Gasteiger partial charge in [0.25, 0.3) is 5.91 Å². The lowest BCUT2D eigenvalue weighted by molar-refractivity contribution is 0.0685. The lowest BCUT2D eigenvalue weighted by Gasteiger charge is -2.33. The van der Waals surface area contributed by atoms with Gasteiger partial charge in [0.1, 0.15) is 0 Å². The molecule has 1 unspecified atom stereocenters. The van der Waals surface area contributed by atoms with Crippen LogP contribution in [0.1, 0.15) is 62.8 Å². The summed E-state index contributed by atoms with van der Waals surface area (Å²) in [4.78, 5) is 26.0. The van der Waals surface area contributed by atoms with Gasteiger partial charge in [-0.3, -0.25) is 9.89 Å². The van der Waals surface area contributed by atoms with E-state index in [9.17, 15) is 14.7 Å². The molecule has 4 rings (SSSR count). The number of carbonyl (C=O) groups excluding carboxylic acids is 1. The Kier molecular flexibility index (Phi) is 4.03. The predicted octanol–water partition coefficient (Wildman–Crippen LogP) is 2.62. The van der Waals surface area contributed by atoms with E-state index >= 15 is 0 Å². The van der Waals surface area contributed by atoms with E-state index in [4.69, 9.17) is 0 Å². The number of carbonyl (C=O) groups is 2. The Morgan fingerprint density at radius 1 is 1.24 bits per heavy atom. The molecule has 1 aliphatic heterocycles. The van der Waals surface area contributed by atoms with Gasteiger partial charge in [-0.2, -0.15) is 5.10 Å². The molecule has 25 heavy (non-hydrogen) atoms. The number of amides is 1. The first-order valence-corrected chi connectivity index (χ1v) is 8.82. The summed E-state index contributed by atoms with van der Waals surface area (Å²) in [6.07, 6.45) is 4.85. The maximum Gasteiger partial charge on any atom is 0.335 e. The number of likely N-dealkylation sites (tertiary alicyclic amines) is 1. The maximum absolute atomic E-state index is 12.9. The van der Waals surface area contributed by atoms with Crippen LogP contribution in [0.25, 0.3) is 0 Å². The fourth-order valence-corrected chi connectivity index (χ4v) is 4.01. The number of carboxylic acids is 1. The van der Waals surface area contributed by atoms with Gasteiger partial charge < -0.3 is 10.0 Å². The number of nitrogens with one attached hydrogen (secondary N) is 1. The number of carboxylic acid groups (broad SMARTS) is 1.